The van der Waals surface area contributed by atoms with Crippen molar-refractivity contribution >= 4 is 29.1 Å². The summed E-state index contributed by atoms with van der Waals surface area (Å²) >= 11 is 11.9. The third-order valence-electron chi connectivity index (χ3n) is 3.91. The van der Waals surface area contributed by atoms with Gasteiger partial charge in [-0.3, -0.25) is 4.79 Å². The van der Waals surface area contributed by atoms with Crippen molar-refractivity contribution in [1.82, 2.24) is 10.6 Å². The molecule has 1 atom stereocenters. The largest absolute Gasteiger partial charge is 0.489 e. The number of nitrogens with one attached hydrogen (secondary N) is 2. The summed E-state index contributed by atoms with van der Waals surface area (Å²) in [4.78, 5) is 11.5. The lowest BCUT2D eigenvalue weighted by Gasteiger charge is -2.11. The molecule has 126 valence electrons. The van der Waals surface area contributed by atoms with E-state index in [9.17, 15) is 4.79 Å². The Labute approximate surface area is 151 Å². The maximum Gasteiger partial charge on any atom is 0.237 e. The van der Waals surface area contributed by atoms with E-state index in [1.165, 1.54) is 0 Å². The maximum absolute atomic E-state index is 11.5. The number of ether oxygens (including phenoxy) is 1. The van der Waals surface area contributed by atoms with Gasteiger partial charge in [-0.1, -0.05) is 41.4 Å². The highest BCUT2D eigenvalue weighted by Crippen LogP contribution is 2.23. The second kappa shape index (κ2) is 7.88. The van der Waals surface area contributed by atoms with Crippen LogP contribution in [0.25, 0.3) is 0 Å². The molecular weight excluding hydrogens is 347 g/mol. The molecule has 4 nitrogen and oxygen atoms in total. The molecule has 24 heavy (non-hydrogen) atoms. The van der Waals surface area contributed by atoms with Gasteiger partial charge in [0.05, 0.1) is 16.1 Å². The van der Waals surface area contributed by atoms with Gasteiger partial charge in [0, 0.05) is 13.1 Å². The highest BCUT2D eigenvalue weighted by Gasteiger charge is 2.22. The highest BCUT2D eigenvalue weighted by atomic mass is 35.5. The molecule has 1 amide bonds. The maximum atomic E-state index is 11.5. The molecule has 2 aromatic rings. The molecule has 1 unspecified atom stereocenters. The number of halogens is 2. The van der Waals surface area contributed by atoms with Crippen molar-refractivity contribution in [3.8, 4) is 5.75 Å². The van der Waals surface area contributed by atoms with Crippen LogP contribution >= 0.6 is 23.2 Å². The molecular formula is C18H18Cl2N2O2. The molecule has 0 saturated carbocycles. The predicted molar refractivity (Wildman–Crippen MR) is 95.5 cm³/mol. The predicted octanol–water partition coefficient (Wildman–Crippen LogP) is 3.55. The first-order chi connectivity index (χ1) is 11.6. The molecule has 1 aliphatic rings. The molecule has 1 saturated heterocycles. The Morgan fingerprint density at radius 2 is 1.83 bits per heavy atom. The van der Waals surface area contributed by atoms with Crippen molar-refractivity contribution in [2.45, 2.75) is 25.6 Å². The summed E-state index contributed by atoms with van der Waals surface area (Å²) in [7, 11) is 0. The average molecular weight is 365 g/mol. The van der Waals surface area contributed by atoms with Gasteiger partial charge < -0.3 is 15.4 Å². The summed E-state index contributed by atoms with van der Waals surface area (Å²) < 4.78 is 5.75. The molecule has 0 bridgehead atoms. The zero-order chi connectivity index (χ0) is 16.9. The molecule has 1 heterocycles. The smallest absolute Gasteiger partial charge is 0.237 e. The van der Waals surface area contributed by atoms with E-state index in [-0.39, 0.29) is 11.9 Å². The number of hydrogen-bond acceptors (Lipinski definition) is 3. The number of rotatable bonds is 6. The quantitative estimate of drug-likeness (QED) is 0.823. The number of amides is 1. The summed E-state index contributed by atoms with van der Waals surface area (Å²) in [6, 6.07) is 13.2. The monoisotopic (exact) mass is 364 g/mol. The standard InChI is InChI=1S/C18H18Cl2N2O2/c19-15-6-3-13(9-16(15)20)11-24-14-4-1-12(2-5-14)10-22-17-7-8-21-18(17)23/h1-6,9,17,22H,7-8,10-11H2,(H,21,23). The Kier molecular flexibility index (Phi) is 5.61. The minimum absolute atomic E-state index is 0.0802. The summed E-state index contributed by atoms with van der Waals surface area (Å²) in [5.41, 5.74) is 2.07. The van der Waals surface area contributed by atoms with Crippen LogP contribution in [0.3, 0.4) is 0 Å². The van der Waals surface area contributed by atoms with Gasteiger partial charge in [-0.2, -0.15) is 0 Å². The van der Waals surface area contributed by atoms with Gasteiger partial charge >= 0.3 is 0 Å². The Morgan fingerprint density at radius 1 is 1.08 bits per heavy atom. The first-order valence-electron chi connectivity index (χ1n) is 7.78. The fraction of sp³-hybridized carbons (Fsp3) is 0.278. The summed E-state index contributed by atoms with van der Waals surface area (Å²) in [6.45, 7) is 1.83. The van der Waals surface area contributed by atoms with Crippen LogP contribution in [-0.4, -0.2) is 18.5 Å². The third kappa shape index (κ3) is 4.41. The van der Waals surface area contributed by atoms with Gasteiger partial charge in [0.25, 0.3) is 0 Å². The average Bonchev–Trinajstić information content (AvgIpc) is 3.00. The first-order valence-corrected chi connectivity index (χ1v) is 8.54. The summed E-state index contributed by atoms with van der Waals surface area (Å²) in [6.07, 6.45) is 0.837. The minimum Gasteiger partial charge on any atom is -0.489 e. The van der Waals surface area contributed by atoms with Gasteiger partial charge in [0.2, 0.25) is 5.91 Å². The Morgan fingerprint density at radius 3 is 2.50 bits per heavy atom. The van der Waals surface area contributed by atoms with Gasteiger partial charge in [-0.15, -0.1) is 0 Å². The molecule has 0 radical (unpaired) electrons. The minimum atomic E-state index is -0.0874. The van der Waals surface area contributed by atoms with Crippen LogP contribution < -0.4 is 15.4 Å². The van der Waals surface area contributed by atoms with Crippen LogP contribution in [0, 0.1) is 0 Å². The van der Waals surface area contributed by atoms with Crippen molar-refractivity contribution in [2.24, 2.45) is 0 Å². The topological polar surface area (TPSA) is 50.4 Å². The van der Waals surface area contributed by atoms with E-state index in [1.54, 1.807) is 12.1 Å². The van der Waals surface area contributed by atoms with Gasteiger partial charge in [0.1, 0.15) is 12.4 Å². The van der Waals surface area contributed by atoms with Crippen LogP contribution in [0.4, 0.5) is 0 Å². The Balaban J connectivity index is 1.50. The van der Waals surface area contributed by atoms with E-state index in [4.69, 9.17) is 27.9 Å². The van der Waals surface area contributed by atoms with Crippen molar-refractivity contribution in [1.29, 1.82) is 0 Å². The summed E-state index contributed by atoms with van der Waals surface area (Å²) in [5, 5.41) is 7.13. The van der Waals surface area contributed by atoms with Crippen molar-refractivity contribution in [3.05, 3.63) is 63.6 Å². The normalized spacial score (nSPS) is 16.9. The molecule has 0 aliphatic carbocycles. The zero-order valence-electron chi connectivity index (χ0n) is 13.0. The first kappa shape index (κ1) is 17.1. The number of benzene rings is 2. The fourth-order valence-corrected chi connectivity index (χ4v) is 2.85. The molecule has 0 aromatic heterocycles. The van der Waals surface area contributed by atoms with Gasteiger partial charge in [0.15, 0.2) is 0 Å². The van der Waals surface area contributed by atoms with E-state index in [1.807, 2.05) is 30.3 Å². The van der Waals surface area contributed by atoms with E-state index in [0.29, 0.717) is 23.2 Å². The van der Waals surface area contributed by atoms with Gasteiger partial charge in [-0.25, -0.2) is 0 Å². The van der Waals surface area contributed by atoms with E-state index in [2.05, 4.69) is 10.6 Å². The number of carbonyl (C=O) groups excluding carboxylic acids is 1. The van der Waals surface area contributed by atoms with Crippen LogP contribution in [0.1, 0.15) is 17.5 Å². The molecule has 2 N–H and O–H groups in total. The lowest BCUT2D eigenvalue weighted by Crippen LogP contribution is -2.35. The molecule has 2 aromatic carbocycles. The van der Waals surface area contributed by atoms with Gasteiger partial charge in [-0.05, 0) is 41.8 Å². The van der Waals surface area contributed by atoms with E-state index < -0.39 is 0 Å². The van der Waals surface area contributed by atoms with Crippen LogP contribution in [0.15, 0.2) is 42.5 Å². The van der Waals surface area contributed by atoms with Crippen molar-refractivity contribution < 1.29 is 9.53 Å². The fourth-order valence-electron chi connectivity index (χ4n) is 2.53. The van der Waals surface area contributed by atoms with Crippen molar-refractivity contribution in [2.75, 3.05) is 6.54 Å². The number of carbonyl (C=O) groups is 1. The van der Waals surface area contributed by atoms with E-state index in [0.717, 1.165) is 29.8 Å². The molecule has 1 aliphatic heterocycles. The van der Waals surface area contributed by atoms with Crippen LogP contribution in [0.2, 0.25) is 10.0 Å². The van der Waals surface area contributed by atoms with Crippen molar-refractivity contribution in [3.63, 3.8) is 0 Å². The molecule has 3 rings (SSSR count). The Bertz CT molecular complexity index is 719. The van der Waals surface area contributed by atoms with Crippen LogP contribution in [0.5, 0.6) is 5.75 Å². The molecule has 6 heteroatoms. The van der Waals surface area contributed by atoms with E-state index >= 15 is 0 Å². The Hall–Kier alpha value is -1.75. The van der Waals surface area contributed by atoms with Crippen LogP contribution in [-0.2, 0) is 17.9 Å². The third-order valence-corrected chi connectivity index (χ3v) is 4.65. The second-order valence-corrected chi connectivity index (χ2v) is 6.51. The second-order valence-electron chi connectivity index (χ2n) is 5.69. The summed E-state index contributed by atoms with van der Waals surface area (Å²) in [5.74, 6) is 0.861. The molecule has 0 spiro atoms. The molecule has 1 fully saturated rings. The number of hydrogen-bond donors (Lipinski definition) is 2. The lowest BCUT2D eigenvalue weighted by molar-refractivity contribution is -0.120. The highest BCUT2D eigenvalue weighted by molar-refractivity contribution is 6.42. The SMILES string of the molecule is O=C1NCCC1NCc1ccc(OCc2ccc(Cl)c(Cl)c2)cc1. The zero-order valence-corrected chi connectivity index (χ0v) is 14.5. The lowest BCUT2D eigenvalue weighted by atomic mass is 10.2.